The molecule has 1 heterocycles. The van der Waals surface area contributed by atoms with E-state index in [1.54, 1.807) is 24.3 Å². The summed E-state index contributed by atoms with van der Waals surface area (Å²) in [6.45, 7) is 1.15. The summed E-state index contributed by atoms with van der Waals surface area (Å²) in [7, 11) is -3.09. The Morgan fingerprint density at radius 1 is 1.42 bits per heavy atom. The zero-order valence-electron chi connectivity index (χ0n) is 10.5. The lowest BCUT2D eigenvalue weighted by Gasteiger charge is -2.14. The zero-order valence-corrected chi connectivity index (χ0v) is 11.3. The van der Waals surface area contributed by atoms with Crippen LogP contribution in [-0.2, 0) is 10.0 Å². The molecule has 19 heavy (non-hydrogen) atoms. The molecular formula is C12H17N3O3S. The summed E-state index contributed by atoms with van der Waals surface area (Å²) in [6.07, 6.45) is 0.658. The fourth-order valence-corrected chi connectivity index (χ4v) is 3.55. The smallest absolute Gasteiger partial charge is 0.251 e. The summed E-state index contributed by atoms with van der Waals surface area (Å²) < 4.78 is 24.5. The van der Waals surface area contributed by atoms with Crippen LogP contribution >= 0.6 is 0 Å². The van der Waals surface area contributed by atoms with Gasteiger partial charge in [-0.05, 0) is 24.6 Å². The van der Waals surface area contributed by atoms with E-state index in [4.69, 9.17) is 5.73 Å². The van der Waals surface area contributed by atoms with Crippen LogP contribution in [0.25, 0.3) is 0 Å². The van der Waals surface area contributed by atoms with Gasteiger partial charge in [-0.3, -0.25) is 4.79 Å². The Hall–Kier alpha value is -1.60. The average molecular weight is 283 g/mol. The van der Waals surface area contributed by atoms with Crippen LogP contribution in [0.5, 0.6) is 0 Å². The molecular weight excluding hydrogens is 266 g/mol. The van der Waals surface area contributed by atoms with Crippen LogP contribution in [0.4, 0.5) is 5.69 Å². The largest absolute Gasteiger partial charge is 0.399 e. The predicted molar refractivity (Wildman–Crippen MR) is 73.2 cm³/mol. The van der Waals surface area contributed by atoms with Crippen LogP contribution in [0.2, 0.25) is 0 Å². The minimum Gasteiger partial charge on any atom is -0.399 e. The predicted octanol–water partition coefficient (Wildman–Crippen LogP) is 0.0341. The third kappa shape index (κ3) is 3.45. The second-order valence-electron chi connectivity index (χ2n) is 4.45. The van der Waals surface area contributed by atoms with Crippen LogP contribution in [0.1, 0.15) is 16.8 Å². The highest BCUT2D eigenvalue weighted by Gasteiger charge is 2.27. The number of hydrogen-bond donors (Lipinski definition) is 2. The number of nitrogens with one attached hydrogen (secondary N) is 1. The maximum absolute atomic E-state index is 11.8. The molecule has 1 aliphatic rings. The van der Waals surface area contributed by atoms with Crippen molar-refractivity contribution in [3.63, 3.8) is 0 Å². The van der Waals surface area contributed by atoms with Crippen molar-refractivity contribution < 1.29 is 13.2 Å². The molecule has 1 amide bonds. The van der Waals surface area contributed by atoms with Crippen molar-refractivity contribution in [2.24, 2.45) is 0 Å². The number of rotatable bonds is 4. The molecule has 0 unspecified atom stereocenters. The van der Waals surface area contributed by atoms with Crippen molar-refractivity contribution in [2.75, 3.05) is 31.1 Å². The highest BCUT2D eigenvalue weighted by atomic mass is 32.2. The SMILES string of the molecule is Nc1cccc(C(=O)NCCN2CCCS2(=O)=O)c1. The van der Waals surface area contributed by atoms with Gasteiger partial charge in [0.1, 0.15) is 0 Å². The van der Waals surface area contributed by atoms with Gasteiger partial charge >= 0.3 is 0 Å². The maximum Gasteiger partial charge on any atom is 0.251 e. The van der Waals surface area contributed by atoms with Crippen molar-refractivity contribution in [1.82, 2.24) is 9.62 Å². The maximum atomic E-state index is 11.8. The topological polar surface area (TPSA) is 92.5 Å². The van der Waals surface area contributed by atoms with Crippen molar-refractivity contribution >= 4 is 21.6 Å². The summed E-state index contributed by atoms with van der Waals surface area (Å²) in [5.74, 6) is -0.0419. The average Bonchev–Trinajstić information content (AvgIpc) is 2.69. The van der Waals surface area contributed by atoms with Gasteiger partial charge < -0.3 is 11.1 Å². The minimum atomic E-state index is -3.09. The number of nitrogens with two attached hydrogens (primary N) is 1. The Kier molecular flexibility index (Phi) is 4.06. The van der Waals surface area contributed by atoms with Crippen LogP contribution in [0.15, 0.2) is 24.3 Å². The van der Waals surface area contributed by atoms with E-state index in [1.807, 2.05) is 0 Å². The summed E-state index contributed by atoms with van der Waals surface area (Å²) in [6, 6.07) is 6.66. The first-order chi connectivity index (χ1) is 8.99. The molecule has 1 aliphatic heterocycles. The number of hydrogen-bond acceptors (Lipinski definition) is 4. The Balaban J connectivity index is 1.85. The van der Waals surface area contributed by atoms with Crippen LogP contribution in [0, 0.1) is 0 Å². The minimum absolute atomic E-state index is 0.205. The van der Waals surface area contributed by atoms with E-state index in [9.17, 15) is 13.2 Å². The summed E-state index contributed by atoms with van der Waals surface area (Å²) in [5, 5.41) is 2.69. The molecule has 0 bridgehead atoms. The van der Waals surface area contributed by atoms with Crippen molar-refractivity contribution in [1.29, 1.82) is 0 Å². The van der Waals surface area contributed by atoms with Crippen LogP contribution < -0.4 is 11.1 Å². The van der Waals surface area contributed by atoms with E-state index in [0.29, 0.717) is 37.3 Å². The number of anilines is 1. The summed E-state index contributed by atoms with van der Waals surface area (Å²) >= 11 is 0. The highest BCUT2D eigenvalue weighted by molar-refractivity contribution is 7.89. The van der Waals surface area contributed by atoms with Gasteiger partial charge in [-0.25, -0.2) is 12.7 Å². The summed E-state index contributed by atoms with van der Waals surface area (Å²) in [5.41, 5.74) is 6.59. The van der Waals surface area contributed by atoms with Gasteiger partial charge in [-0.15, -0.1) is 0 Å². The normalized spacial score (nSPS) is 18.3. The van der Waals surface area contributed by atoms with Gasteiger partial charge in [0.15, 0.2) is 0 Å². The molecule has 6 nitrogen and oxygen atoms in total. The third-order valence-electron chi connectivity index (χ3n) is 3.00. The molecule has 0 radical (unpaired) electrons. The van der Waals surface area contributed by atoms with E-state index >= 15 is 0 Å². The van der Waals surface area contributed by atoms with Crippen LogP contribution in [0.3, 0.4) is 0 Å². The number of nitrogen functional groups attached to an aromatic ring is 1. The van der Waals surface area contributed by atoms with E-state index in [1.165, 1.54) is 4.31 Å². The number of sulfonamides is 1. The lowest BCUT2D eigenvalue weighted by Crippen LogP contribution is -2.35. The molecule has 0 aliphatic carbocycles. The van der Waals surface area contributed by atoms with Crippen molar-refractivity contribution in [3.8, 4) is 0 Å². The molecule has 0 atom stereocenters. The Morgan fingerprint density at radius 2 is 2.21 bits per heavy atom. The Bertz CT molecular complexity index is 571. The number of nitrogens with zero attached hydrogens (tertiary/aromatic N) is 1. The Labute approximate surface area is 112 Å². The summed E-state index contributed by atoms with van der Waals surface area (Å²) in [4.78, 5) is 11.8. The molecule has 1 fully saturated rings. The lowest BCUT2D eigenvalue weighted by molar-refractivity contribution is 0.0952. The quantitative estimate of drug-likeness (QED) is 0.763. The highest BCUT2D eigenvalue weighted by Crippen LogP contribution is 2.12. The van der Waals surface area contributed by atoms with E-state index in [2.05, 4.69) is 5.32 Å². The van der Waals surface area contributed by atoms with Gasteiger partial charge in [0.05, 0.1) is 5.75 Å². The molecule has 1 aromatic carbocycles. The lowest BCUT2D eigenvalue weighted by atomic mass is 10.2. The second kappa shape index (κ2) is 5.58. The van der Waals surface area contributed by atoms with Gasteiger partial charge in [-0.2, -0.15) is 0 Å². The molecule has 0 spiro atoms. The number of amides is 1. The fraction of sp³-hybridized carbons (Fsp3) is 0.417. The van der Waals surface area contributed by atoms with Crippen LogP contribution in [-0.4, -0.2) is 44.0 Å². The van der Waals surface area contributed by atoms with Crippen molar-refractivity contribution in [3.05, 3.63) is 29.8 Å². The van der Waals surface area contributed by atoms with Gasteiger partial charge in [0.25, 0.3) is 5.91 Å². The number of carbonyl (C=O) groups is 1. The first-order valence-electron chi connectivity index (χ1n) is 6.10. The van der Waals surface area contributed by atoms with E-state index in [-0.39, 0.29) is 11.7 Å². The van der Waals surface area contributed by atoms with E-state index in [0.717, 1.165) is 0 Å². The molecule has 3 N–H and O–H groups in total. The third-order valence-corrected chi connectivity index (χ3v) is 4.96. The van der Waals surface area contributed by atoms with Crippen molar-refractivity contribution in [2.45, 2.75) is 6.42 Å². The number of benzene rings is 1. The molecule has 7 heteroatoms. The van der Waals surface area contributed by atoms with E-state index < -0.39 is 10.0 Å². The fourth-order valence-electron chi connectivity index (χ4n) is 2.02. The standard InChI is InChI=1S/C12H17N3O3S/c13-11-4-1-3-10(9-11)12(16)14-5-7-15-6-2-8-19(15,17)18/h1,3-4,9H,2,5-8,13H2,(H,14,16). The van der Waals surface area contributed by atoms with Gasteiger partial charge in [-0.1, -0.05) is 6.07 Å². The molecule has 2 rings (SSSR count). The Morgan fingerprint density at radius 3 is 2.84 bits per heavy atom. The zero-order chi connectivity index (χ0) is 13.9. The first-order valence-corrected chi connectivity index (χ1v) is 7.71. The molecule has 1 aromatic rings. The molecule has 0 aromatic heterocycles. The first kappa shape index (κ1) is 13.8. The van der Waals surface area contributed by atoms with Gasteiger partial charge in [0, 0.05) is 30.9 Å². The second-order valence-corrected chi connectivity index (χ2v) is 6.54. The molecule has 1 saturated heterocycles. The number of carbonyl (C=O) groups excluding carboxylic acids is 1. The molecule has 0 saturated carbocycles. The van der Waals surface area contributed by atoms with Gasteiger partial charge in [0.2, 0.25) is 10.0 Å². The monoisotopic (exact) mass is 283 g/mol. The molecule has 104 valence electrons.